The summed E-state index contributed by atoms with van der Waals surface area (Å²) in [6, 6.07) is 6.72. The van der Waals surface area contributed by atoms with Crippen LogP contribution in [-0.4, -0.2) is 4.98 Å². The Labute approximate surface area is 75.2 Å². The number of pyridine rings is 1. The minimum absolute atomic E-state index is 0.218. The van der Waals surface area contributed by atoms with Crippen LogP contribution in [0.2, 0.25) is 0 Å². The van der Waals surface area contributed by atoms with Crippen LogP contribution in [0.4, 0.5) is 10.2 Å². The minimum atomic E-state index is -0.218. The monoisotopic (exact) mass is 176 g/mol. The molecule has 2 nitrogen and oxygen atoms in total. The van der Waals surface area contributed by atoms with Crippen LogP contribution >= 0.6 is 0 Å². The summed E-state index contributed by atoms with van der Waals surface area (Å²) in [5, 5.41) is 0.522. The summed E-state index contributed by atoms with van der Waals surface area (Å²) in [6.07, 6.45) is 0. The summed E-state index contributed by atoms with van der Waals surface area (Å²) < 4.78 is 13.4. The molecule has 3 heteroatoms. The molecule has 0 saturated carbocycles. The van der Waals surface area contributed by atoms with Crippen molar-refractivity contribution in [3.05, 3.63) is 35.6 Å². The maximum atomic E-state index is 13.4. The van der Waals surface area contributed by atoms with Crippen molar-refractivity contribution < 1.29 is 4.39 Å². The zero-order valence-electron chi connectivity index (χ0n) is 7.21. The van der Waals surface area contributed by atoms with E-state index in [0.29, 0.717) is 22.3 Å². The van der Waals surface area contributed by atoms with Gasteiger partial charge in [-0.1, -0.05) is 6.07 Å². The largest absolute Gasteiger partial charge is 0.384 e. The molecule has 13 heavy (non-hydrogen) atoms. The van der Waals surface area contributed by atoms with Gasteiger partial charge < -0.3 is 5.73 Å². The molecule has 2 rings (SSSR count). The lowest BCUT2D eigenvalue weighted by molar-refractivity contribution is 0.630. The Hall–Kier alpha value is -1.64. The van der Waals surface area contributed by atoms with E-state index in [1.807, 2.05) is 0 Å². The van der Waals surface area contributed by atoms with Gasteiger partial charge in [0.2, 0.25) is 0 Å². The summed E-state index contributed by atoms with van der Waals surface area (Å²) in [5.41, 5.74) is 6.70. The van der Waals surface area contributed by atoms with Crippen LogP contribution in [0.25, 0.3) is 10.9 Å². The number of benzene rings is 1. The number of halogens is 1. The van der Waals surface area contributed by atoms with Crippen molar-refractivity contribution in [1.82, 2.24) is 4.98 Å². The Morgan fingerprint density at radius 3 is 2.77 bits per heavy atom. The zero-order valence-corrected chi connectivity index (χ0v) is 7.21. The summed E-state index contributed by atoms with van der Waals surface area (Å²) >= 11 is 0. The van der Waals surface area contributed by atoms with Gasteiger partial charge in [0.15, 0.2) is 0 Å². The van der Waals surface area contributed by atoms with E-state index in [4.69, 9.17) is 5.73 Å². The molecule has 2 N–H and O–H groups in total. The molecule has 0 aliphatic carbocycles. The maximum absolute atomic E-state index is 13.4. The minimum Gasteiger partial charge on any atom is -0.384 e. The Bertz CT molecular complexity index is 466. The molecular weight excluding hydrogens is 167 g/mol. The fourth-order valence-corrected chi connectivity index (χ4v) is 1.29. The van der Waals surface area contributed by atoms with Gasteiger partial charge in [-0.05, 0) is 30.7 Å². The Balaban J connectivity index is 2.87. The predicted octanol–water partition coefficient (Wildman–Crippen LogP) is 2.26. The summed E-state index contributed by atoms with van der Waals surface area (Å²) in [5.74, 6) is 0.195. The van der Waals surface area contributed by atoms with Crippen molar-refractivity contribution >= 4 is 16.7 Å². The van der Waals surface area contributed by atoms with E-state index in [-0.39, 0.29) is 5.82 Å². The highest BCUT2D eigenvalue weighted by molar-refractivity contribution is 5.81. The van der Waals surface area contributed by atoms with Crippen molar-refractivity contribution in [2.45, 2.75) is 6.92 Å². The third-order valence-corrected chi connectivity index (χ3v) is 2.02. The van der Waals surface area contributed by atoms with Gasteiger partial charge in [-0.3, -0.25) is 0 Å². The molecule has 0 radical (unpaired) electrons. The van der Waals surface area contributed by atoms with Crippen molar-refractivity contribution in [2.24, 2.45) is 0 Å². The van der Waals surface area contributed by atoms with Crippen LogP contribution in [0.1, 0.15) is 5.56 Å². The van der Waals surface area contributed by atoms with E-state index in [0.717, 1.165) is 0 Å². The van der Waals surface area contributed by atoms with E-state index in [1.54, 1.807) is 31.2 Å². The first kappa shape index (κ1) is 7.98. The number of hydrogen-bond acceptors (Lipinski definition) is 2. The summed E-state index contributed by atoms with van der Waals surface area (Å²) in [4.78, 5) is 4.02. The molecule has 0 amide bonds. The molecule has 1 aromatic carbocycles. The highest BCUT2D eigenvalue weighted by Crippen LogP contribution is 2.19. The average Bonchev–Trinajstić information content (AvgIpc) is 2.12. The first-order chi connectivity index (χ1) is 6.18. The van der Waals surface area contributed by atoms with Gasteiger partial charge in [-0.15, -0.1) is 0 Å². The van der Waals surface area contributed by atoms with E-state index < -0.39 is 0 Å². The number of aryl methyl sites for hydroxylation is 1. The quantitative estimate of drug-likeness (QED) is 0.668. The molecule has 66 valence electrons. The molecule has 0 saturated heterocycles. The van der Waals surface area contributed by atoms with Crippen molar-refractivity contribution in [3.63, 3.8) is 0 Å². The maximum Gasteiger partial charge on any atom is 0.135 e. The molecule has 1 heterocycles. The van der Waals surface area contributed by atoms with Crippen LogP contribution in [0, 0.1) is 12.7 Å². The molecule has 0 fully saturated rings. The fourth-order valence-electron chi connectivity index (χ4n) is 1.29. The van der Waals surface area contributed by atoms with E-state index in [1.165, 1.54) is 0 Å². The average molecular weight is 176 g/mol. The van der Waals surface area contributed by atoms with Gasteiger partial charge in [0.1, 0.15) is 11.6 Å². The molecule has 0 aliphatic heterocycles. The Morgan fingerprint density at radius 1 is 1.23 bits per heavy atom. The number of nitrogens with zero attached hydrogens (tertiary/aromatic N) is 1. The lowest BCUT2D eigenvalue weighted by Gasteiger charge is -2.01. The molecular formula is C10H9FN2. The lowest BCUT2D eigenvalue weighted by Crippen LogP contribution is -1.92. The number of aromatic nitrogens is 1. The smallest absolute Gasteiger partial charge is 0.135 e. The SMILES string of the molecule is Cc1ccc2nc(N)ccc2c1F. The van der Waals surface area contributed by atoms with Crippen LogP contribution in [-0.2, 0) is 0 Å². The Kier molecular flexibility index (Phi) is 1.65. The van der Waals surface area contributed by atoms with Crippen LogP contribution in [0.5, 0.6) is 0 Å². The van der Waals surface area contributed by atoms with E-state index in [2.05, 4.69) is 4.98 Å². The Morgan fingerprint density at radius 2 is 2.00 bits per heavy atom. The van der Waals surface area contributed by atoms with E-state index >= 15 is 0 Å². The van der Waals surface area contributed by atoms with Gasteiger partial charge in [0, 0.05) is 5.39 Å². The second kappa shape index (κ2) is 2.69. The normalized spacial score (nSPS) is 10.6. The standard InChI is InChI=1S/C10H9FN2/c1-6-2-4-8-7(10(6)11)3-5-9(12)13-8/h2-5H,1H3,(H2,12,13). The van der Waals surface area contributed by atoms with Gasteiger partial charge in [-0.25, -0.2) is 9.37 Å². The van der Waals surface area contributed by atoms with Crippen LogP contribution < -0.4 is 5.73 Å². The number of anilines is 1. The topological polar surface area (TPSA) is 38.9 Å². The third kappa shape index (κ3) is 1.22. The second-order valence-corrected chi connectivity index (χ2v) is 3.00. The number of rotatable bonds is 0. The van der Waals surface area contributed by atoms with Crippen LogP contribution in [0.15, 0.2) is 24.3 Å². The van der Waals surface area contributed by atoms with Gasteiger partial charge >= 0.3 is 0 Å². The number of hydrogen-bond donors (Lipinski definition) is 1. The fraction of sp³-hybridized carbons (Fsp3) is 0.100. The number of fused-ring (bicyclic) bond motifs is 1. The first-order valence-corrected chi connectivity index (χ1v) is 4.00. The summed E-state index contributed by atoms with van der Waals surface area (Å²) in [6.45, 7) is 1.73. The number of nitrogens with two attached hydrogens (primary N) is 1. The molecule has 0 bridgehead atoms. The molecule has 0 spiro atoms. The van der Waals surface area contributed by atoms with E-state index in [9.17, 15) is 4.39 Å². The highest BCUT2D eigenvalue weighted by Gasteiger charge is 2.04. The van der Waals surface area contributed by atoms with Crippen molar-refractivity contribution in [1.29, 1.82) is 0 Å². The third-order valence-electron chi connectivity index (χ3n) is 2.02. The number of nitrogen functional groups attached to an aromatic ring is 1. The molecule has 1 aromatic heterocycles. The van der Waals surface area contributed by atoms with Gasteiger partial charge in [0.05, 0.1) is 5.52 Å². The second-order valence-electron chi connectivity index (χ2n) is 3.00. The highest BCUT2D eigenvalue weighted by atomic mass is 19.1. The lowest BCUT2D eigenvalue weighted by atomic mass is 10.1. The predicted molar refractivity (Wildman–Crippen MR) is 50.9 cm³/mol. The summed E-state index contributed by atoms with van der Waals surface area (Å²) in [7, 11) is 0. The van der Waals surface area contributed by atoms with Crippen molar-refractivity contribution in [2.75, 3.05) is 5.73 Å². The van der Waals surface area contributed by atoms with Crippen LogP contribution in [0.3, 0.4) is 0 Å². The van der Waals surface area contributed by atoms with Gasteiger partial charge in [0.25, 0.3) is 0 Å². The molecule has 2 aromatic rings. The van der Waals surface area contributed by atoms with Crippen molar-refractivity contribution in [3.8, 4) is 0 Å². The zero-order chi connectivity index (χ0) is 9.42. The molecule has 0 aliphatic rings. The molecule has 0 atom stereocenters. The molecule has 0 unspecified atom stereocenters. The van der Waals surface area contributed by atoms with Gasteiger partial charge in [-0.2, -0.15) is 0 Å². The first-order valence-electron chi connectivity index (χ1n) is 4.00.